The largest absolute Gasteiger partial charge is 0.379 e. The number of hydrogen-bond acceptors (Lipinski definition) is 8. The van der Waals surface area contributed by atoms with Crippen LogP contribution in [0.4, 0.5) is 0 Å². The predicted molar refractivity (Wildman–Crippen MR) is 212 cm³/mol. The van der Waals surface area contributed by atoms with Gasteiger partial charge < -0.3 is 20.2 Å². The van der Waals surface area contributed by atoms with Crippen LogP contribution >= 0.6 is 11.3 Å². The molecule has 0 radical (unpaired) electrons. The zero-order valence-corrected chi connectivity index (χ0v) is 33.9. The number of nitrogens with one attached hydrogen (secondary N) is 2. The van der Waals surface area contributed by atoms with Crippen molar-refractivity contribution in [2.45, 2.75) is 158 Å². The summed E-state index contributed by atoms with van der Waals surface area (Å²) < 4.78 is 4.94. The fourth-order valence-electron chi connectivity index (χ4n) is 5.65. The van der Waals surface area contributed by atoms with Crippen LogP contribution in [0.3, 0.4) is 0 Å². The lowest BCUT2D eigenvalue weighted by atomic mass is 9.81. The van der Waals surface area contributed by atoms with Crippen molar-refractivity contribution in [1.29, 1.82) is 0 Å². The highest BCUT2D eigenvalue weighted by atomic mass is 32.1. The van der Waals surface area contributed by atoms with E-state index in [-0.39, 0.29) is 22.9 Å². The number of allylic oxidation sites excluding steroid dienone is 1. The van der Waals surface area contributed by atoms with Gasteiger partial charge in [0.1, 0.15) is 12.0 Å². The van der Waals surface area contributed by atoms with Crippen LogP contribution in [-0.2, 0) is 20.7 Å². The number of thiazole rings is 1. The van der Waals surface area contributed by atoms with E-state index in [2.05, 4.69) is 73.6 Å². The average Bonchev–Trinajstić information content (AvgIpc) is 3.55. The topological polar surface area (TPSA) is 122 Å². The van der Waals surface area contributed by atoms with E-state index in [0.29, 0.717) is 17.3 Å². The van der Waals surface area contributed by atoms with E-state index in [1.807, 2.05) is 20.8 Å². The molecule has 10 heteroatoms. The summed E-state index contributed by atoms with van der Waals surface area (Å²) >= 11 is 1.43. The Balaban J connectivity index is 0.00000104. The molecule has 1 unspecified atom stereocenters. The van der Waals surface area contributed by atoms with Crippen LogP contribution in [-0.4, -0.2) is 47.2 Å². The summed E-state index contributed by atoms with van der Waals surface area (Å²) in [6.45, 7) is 26.1. The lowest BCUT2D eigenvalue weighted by molar-refractivity contribution is -0.117. The number of aldehydes is 1. The fourth-order valence-corrected chi connectivity index (χ4v) is 6.53. The quantitative estimate of drug-likeness (QED) is 0.147. The third-order valence-corrected chi connectivity index (χ3v) is 9.32. The molecule has 1 atom stereocenters. The van der Waals surface area contributed by atoms with Crippen LogP contribution < -0.4 is 10.6 Å². The highest BCUT2D eigenvalue weighted by Gasteiger charge is 2.27. The van der Waals surface area contributed by atoms with E-state index in [1.165, 1.54) is 88.9 Å². The Labute approximate surface area is 308 Å². The van der Waals surface area contributed by atoms with E-state index >= 15 is 0 Å². The molecule has 1 fully saturated rings. The molecule has 0 aromatic carbocycles. The monoisotopic (exact) mass is 716 g/mol. The fraction of sp³-hybridized carbons (Fsp3) is 0.700. The Bertz CT molecular complexity index is 1210. The minimum Gasteiger partial charge on any atom is -0.379 e. The molecule has 284 valence electrons. The second-order valence-corrected chi connectivity index (χ2v) is 15.0. The van der Waals surface area contributed by atoms with Gasteiger partial charge in [-0.15, -0.1) is 11.3 Å². The third kappa shape index (κ3) is 20.0. The van der Waals surface area contributed by atoms with Crippen LogP contribution in [0.15, 0.2) is 40.1 Å². The summed E-state index contributed by atoms with van der Waals surface area (Å²) in [5.74, 6) is 0.703. The van der Waals surface area contributed by atoms with Crippen molar-refractivity contribution in [3.05, 3.63) is 40.6 Å². The Hall–Kier alpha value is -2.98. The molecule has 50 heavy (non-hydrogen) atoms. The maximum atomic E-state index is 12.5. The first-order valence-electron chi connectivity index (χ1n) is 18.8. The first-order chi connectivity index (χ1) is 23.7. The van der Waals surface area contributed by atoms with Gasteiger partial charge in [-0.1, -0.05) is 106 Å². The van der Waals surface area contributed by atoms with Gasteiger partial charge in [0.15, 0.2) is 0 Å². The van der Waals surface area contributed by atoms with Crippen molar-refractivity contribution in [3.8, 4) is 0 Å². The van der Waals surface area contributed by atoms with E-state index in [1.54, 1.807) is 12.5 Å². The zero-order chi connectivity index (χ0) is 38.1. The molecule has 9 nitrogen and oxygen atoms in total. The van der Waals surface area contributed by atoms with Gasteiger partial charge in [0.25, 0.3) is 11.8 Å². The van der Waals surface area contributed by atoms with Gasteiger partial charge in [0.05, 0.1) is 27.7 Å². The van der Waals surface area contributed by atoms with Gasteiger partial charge in [-0.05, 0) is 71.6 Å². The number of aromatic nitrogens is 1. The molecule has 2 N–H and O–H groups in total. The van der Waals surface area contributed by atoms with Crippen LogP contribution in [0.25, 0.3) is 0 Å². The Morgan fingerprint density at radius 2 is 1.52 bits per heavy atom. The van der Waals surface area contributed by atoms with Crippen molar-refractivity contribution >= 4 is 40.9 Å². The number of ether oxygens (including phenoxy) is 1. The molecule has 2 heterocycles. The van der Waals surface area contributed by atoms with E-state index in [9.17, 15) is 9.59 Å². The number of amides is 2. The molecular formula is C40H69N5O4S. The third-order valence-electron chi connectivity index (χ3n) is 8.41. The predicted octanol–water partition coefficient (Wildman–Crippen LogP) is 10.0. The maximum Gasteiger partial charge on any atom is 0.275 e. The summed E-state index contributed by atoms with van der Waals surface area (Å²) in [7, 11) is 1.71. The molecule has 1 aromatic rings. The van der Waals surface area contributed by atoms with Crippen molar-refractivity contribution in [3.63, 3.8) is 0 Å². The van der Waals surface area contributed by atoms with Crippen molar-refractivity contribution < 1.29 is 19.1 Å². The second kappa shape index (κ2) is 26.8. The highest BCUT2D eigenvalue weighted by Crippen LogP contribution is 2.30. The average molecular weight is 716 g/mol. The van der Waals surface area contributed by atoms with Crippen LogP contribution in [0, 0.1) is 17.8 Å². The van der Waals surface area contributed by atoms with Crippen LogP contribution in [0.1, 0.15) is 161 Å². The minimum atomic E-state index is -0.528. The van der Waals surface area contributed by atoms with Gasteiger partial charge >= 0.3 is 0 Å². The number of rotatable bonds is 14. The number of carbonyl (C=O) groups excluding carboxylic acids is 3. The molecule has 2 amide bonds. The number of methoxy groups -OCH3 is 1. The molecule has 1 saturated carbocycles. The summed E-state index contributed by atoms with van der Waals surface area (Å²) in [4.78, 5) is 37.9. The number of hydrogen-bond donors (Lipinski definition) is 2. The van der Waals surface area contributed by atoms with Gasteiger partial charge in [-0.25, -0.2) is 4.98 Å². The Morgan fingerprint density at radius 1 is 0.980 bits per heavy atom. The van der Waals surface area contributed by atoms with E-state index in [0.717, 1.165) is 42.2 Å². The zero-order valence-electron chi connectivity index (χ0n) is 33.1. The number of nitrogens with zero attached hydrogens (tertiary/aromatic N) is 3. The lowest BCUT2D eigenvalue weighted by Gasteiger charge is -2.27. The standard InChI is InChI=1S/C23H31N5O2S.C10H22.C5H12O.C2H4O/c1-5-9-20-26-19(13-31-20)23(30)25-16(4)22(29)24-15(3)21-14(2)12-18(27-28-21)17-10-7-6-8-11-17;1-4-7-10(8-5-2)9-6-3;1-5(2,3)6-4;1-2-3/h13-14,17H,3-12H2,1-2H3,(H,24,29)(H,25,30);10H,4-9H2,1-3H3;1-4H3;2H,1H3. The summed E-state index contributed by atoms with van der Waals surface area (Å²) in [6, 6.07) is 0. The first-order valence-corrected chi connectivity index (χ1v) is 19.6. The van der Waals surface area contributed by atoms with Crippen molar-refractivity contribution in [1.82, 2.24) is 15.6 Å². The number of carbonyl (C=O) groups is 3. The SMILES string of the molecule is C=C(NC(=O)c1csc(CCC)n1)C(=O)NC(=C)C1=NN=C(C2CCCCC2)CC1C.CC=O.CCCC(CCC)CCC.COC(C)(C)C. The smallest absolute Gasteiger partial charge is 0.275 e. The lowest BCUT2D eigenvalue weighted by Crippen LogP contribution is -2.37. The Morgan fingerprint density at radius 3 is 1.98 bits per heavy atom. The van der Waals surface area contributed by atoms with Crippen LogP contribution in [0.5, 0.6) is 0 Å². The van der Waals surface area contributed by atoms with Crippen molar-refractivity contribution in [2.24, 2.45) is 28.0 Å². The van der Waals surface area contributed by atoms with E-state index < -0.39 is 11.8 Å². The van der Waals surface area contributed by atoms with Gasteiger partial charge in [-0.3, -0.25) is 9.59 Å². The molecule has 0 spiro atoms. The van der Waals surface area contributed by atoms with Crippen LogP contribution in [0.2, 0.25) is 0 Å². The molecule has 1 aliphatic carbocycles. The molecule has 0 saturated heterocycles. The maximum absolute atomic E-state index is 12.5. The summed E-state index contributed by atoms with van der Waals surface area (Å²) in [5, 5.41) is 16.6. The second-order valence-electron chi connectivity index (χ2n) is 14.0. The normalized spacial score (nSPS) is 15.8. The number of aryl methyl sites for hydroxylation is 1. The Kier molecular flexibility index (Phi) is 25.2. The first kappa shape index (κ1) is 47.0. The van der Waals surface area contributed by atoms with Gasteiger partial charge in [0, 0.05) is 24.1 Å². The van der Waals surface area contributed by atoms with Crippen molar-refractivity contribution in [2.75, 3.05) is 7.11 Å². The summed E-state index contributed by atoms with van der Waals surface area (Å²) in [5.41, 5.74) is 2.48. The van der Waals surface area contributed by atoms with Gasteiger partial charge in [-0.2, -0.15) is 10.2 Å². The minimum absolute atomic E-state index is 0.0417. The van der Waals surface area contributed by atoms with E-state index in [4.69, 9.17) is 9.53 Å². The molecule has 0 bridgehead atoms. The van der Waals surface area contributed by atoms with Gasteiger partial charge in [0.2, 0.25) is 0 Å². The molecule has 1 aliphatic heterocycles. The molecule has 2 aliphatic rings. The molecule has 1 aromatic heterocycles. The molecule has 3 rings (SSSR count). The highest BCUT2D eigenvalue weighted by molar-refractivity contribution is 7.09. The summed E-state index contributed by atoms with van der Waals surface area (Å²) in [6.07, 6.45) is 18.0. The molecular weight excluding hydrogens is 647 g/mol.